The molecule has 0 bridgehead atoms. The molecule has 13 heteroatoms. The molecule has 2 rings (SSSR count). The number of aryl methyl sites for hydroxylation is 1. The minimum atomic E-state index is -4.67. The van der Waals surface area contributed by atoms with E-state index in [-0.39, 0.29) is 65.5 Å². The molecule has 10 nitrogen and oxygen atoms in total. The van der Waals surface area contributed by atoms with E-state index in [1.54, 1.807) is 0 Å². The smallest absolute Gasteiger partial charge is 0.390 e. The van der Waals surface area contributed by atoms with E-state index in [9.17, 15) is 19.3 Å². The van der Waals surface area contributed by atoms with Gasteiger partial charge < -0.3 is 19.6 Å². The Morgan fingerprint density at radius 3 is 2.61 bits per heavy atom. The largest absolute Gasteiger partial charge is 1.00 e. The van der Waals surface area contributed by atoms with Gasteiger partial charge in [0.2, 0.25) is 0 Å². The van der Waals surface area contributed by atoms with E-state index in [1.165, 1.54) is 13.1 Å². The zero-order chi connectivity index (χ0) is 15.8. The summed E-state index contributed by atoms with van der Waals surface area (Å²) in [6.07, 6.45) is -1.57. The molecule has 0 aliphatic carbocycles. The third-order valence-electron chi connectivity index (χ3n) is 3.07. The first-order valence-electron chi connectivity index (χ1n) is 6.03. The van der Waals surface area contributed by atoms with Gasteiger partial charge in [0.05, 0.1) is 12.7 Å². The number of phosphoric acid groups is 1. The molecule has 4 N–H and O–H groups in total. The van der Waals surface area contributed by atoms with E-state index in [0.717, 1.165) is 4.57 Å². The fourth-order valence-corrected chi connectivity index (χ4v) is 2.35. The predicted octanol–water partition coefficient (Wildman–Crippen LogP) is -7.39. The van der Waals surface area contributed by atoms with Crippen LogP contribution in [0.2, 0.25) is 0 Å². The Bertz CT molecular complexity index is 686. The Labute approximate surface area is 175 Å². The Balaban J connectivity index is 0.00000242. The fourth-order valence-electron chi connectivity index (χ4n) is 2.01. The van der Waals surface area contributed by atoms with Crippen molar-refractivity contribution in [2.45, 2.75) is 31.8 Å². The Kier molecular flexibility index (Phi) is 9.71. The van der Waals surface area contributed by atoms with Gasteiger partial charge >= 0.3 is 72.6 Å². The number of hydrogen-bond donors (Lipinski definition) is 4. The summed E-state index contributed by atoms with van der Waals surface area (Å²) >= 11 is 0. The summed E-state index contributed by atoms with van der Waals surface area (Å²) in [4.78, 5) is 42.3. The van der Waals surface area contributed by atoms with Crippen molar-refractivity contribution in [1.82, 2.24) is 9.55 Å². The normalized spacial score (nSPS) is 23.9. The number of nitrogens with one attached hydrogen (secondary N) is 1. The van der Waals surface area contributed by atoms with Gasteiger partial charge in [-0.25, -0.2) is 9.36 Å². The third kappa shape index (κ3) is 6.50. The number of aromatic nitrogens is 2. The number of aliphatic hydroxyl groups excluding tert-OH is 1. The van der Waals surface area contributed by atoms with Gasteiger partial charge in [-0.2, -0.15) is 0 Å². The second-order valence-corrected chi connectivity index (χ2v) is 5.94. The van der Waals surface area contributed by atoms with Gasteiger partial charge in [0, 0.05) is 18.2 Å². The summed E-state index contributed by atoms with van der Waals surface area (Å²) in [5.41, 5.74) is -0.918. The molecular formula is C10H15N2Na2O8P+2. The first-order chi connectivity index (χ1) is 9.67. The van der Waals surface area contributed by atoms with E-state index >= 15 is 0 Å². The van der Waals surface area contributed by atoms with Crippen LogP contribution in [0.1, 0.15) is 18.2 Å². The van der Waals surface area contributed by atoms with Gasteiger partial charge in [-0.05, 0) is 6.92 Å². The van der Waals surface area contributed by atoms with Crippen LogP contribution in [-0.4, -0.2) is 43.3 Å². The van der Waals surface area contributed by atoms with Crippen LogP contribution in [0.25, 0.3) is 0 Å². The number of rotatable bonds is 4. The van der Waals surface area contributed by atoms with Crippen molar-refractivity contribution in [3.63, 3.8) is 0 Å². The minimum Gasteiger partial charge on any atom is -0.390 e. The van der Waals surface area contributed by atoms with E-state index in [4.69, 9.17) is 14.5 Å². The standard InChI is InChI=1S/C10H15N2O8P.2Na/c1-5-3-12(10(15)11-9(5)14)8-2-6(13)7(20-8)4-19-21(16,17)18;;/h3,6-8,13H,2,4H2,1H3,(H,11,14,15)(H2,16,17,18);;/q;2*+1/t6-,7+,8+;;/m0../s1. The average molecular weight is 368 g/mol. The van der Waals surface area contributed by atoms with Gasteiger partial charge in [0.1, 0.15) is 12.3 Å². The summed E-state index contributed by atoms with van der Waals surface area (Å²) in [5.74, 6) is 0. The molecule has 2 heterocycles. The quantitative estimate of drug-likeness (QED) is 0.302. The summed E-state index contributed by atoms with van der Waals surface area (Å²) in [6, 6.07) is 0. The van der Waals surface area contributed by atoms with Crippen LogP contribution >= 0.6 is 7.82 Å². The SMILES string of the molecule is Cc1cn([C@H]2C[C@H](O)[C@@H](COP(=O)(O)O)O2)c(=O)[nH]c1=O.[Na+].[Na+]. The van der Waals surface area contributed by atoms with Gasteiger partial charge in [0.15, 0.2) is 0 Å². The molecule has 1 fully saturated rings. The number of ether oxygens (including phenoxy) is 1. The second-order valence-electron chi connectivity index (χ2n) is 4.70. The maximum Gasteiger partial charge on any atom is 1.00 e. The molecule has 3 atom stereocenters. The summed E-state index contributed by atoms with van der Waals surface area (Å²) < 4.78 is 21.4. The van der Waals surface area contributed by atoms with Gasteiger partial charge in [-0.3, -0.25) is 18.9 Å². The monoisotopic (exact) mass is 368 g/mol. The first-order valence-corrected chi connectivity index (χ1v) is 7.56. The predicted molar refractivity (Wildman–Crippen MR) is 68.6 cm³/mol. The number of H-pyrrole nitrogens is 1. The van der Waals surface area contributed by atoms with Crippen LogP contribution in [0.4, 0.5) is 0 Å². The summed E-state index contributed by atoms with van der Waals surface area (Å²) in [5, 5.41) is 9.79. The topological polar surface area (TPSA) is 151 Å². The maximum absolute atomic E-state index is 11.7. The van der Waals surface area contributed by atoms with E-state index in [0.29, 0.717) is 5.56 Å². The molecule has 1 aliphatic heterocycles. The summed E-state index contributed by atoms with van der Waals surface area (Å²) in [6.45, 7) is 0.994. The van der Waals surface area contributed by atoms with Crippen molar-refractivity contribution in [1.29, 1.82) is 0 Å². The molecule has 1 aromatic heterocycles. The molecule has 118 valence electrons. The van der Waals surface area contributed by atoms with Crippen molar-refractivity contribution in [3.05, 3.63) is 32.6 Å². The average Bonchev–Trinajstić information content (AvgIpc) is 2.72. The van der Waals surface area contributed by atoms with Crippen LogP contribution in [-0.2, 0) is 13.8 Å². The van der Waals surface area contributed by atoms with Crippen LogP contribution in [0, 0.1) is 6.92 Å². The molecule has 1 saturated heterocycles. The van der Waals surface area contributed by atoms with Crippen molar-refractivity contribution in [2.75, 3.05) is 6.61 Å². The number of aromatic amines is 1. The number of hydrogen-bond acceptors (Lipinski definition) is 6. The molecular weight excluding hydrogens is 353 g/mol. The molecule has 0 saturated carbocycles. The Morgan fingerprint density at radius 2 is 2.04 bits per heavy atom. The van der Waals surface area contributed by atoms with Crippen molar-refractivity contribution < 1.29 is 87.8 Å². The molecule has 0 radical (unpaired) electrons. The molecule has 0 unspecified atom stereocenters. The zero-order valence-electron chi connectivity index (χ0n) is 13.0. The number of phosphoric ester groups is 1. The molecule has 1 aliphatic rings. The van der Waals surface area contributed by atoms with Crippen LogP contribution in [0.15, 0.2) is 15.8 Å². The van der Waals surface area contributed by atoms with Crippen molar-refractivity contribution in [2.24, 2.45) is 0 Å². The number of nitrogens with zero attached hydrogens (tertiary/aromatic N) is 1. The van der Waals surface area contributed by atoms with E-state index in [1.807, 2.05) is 0 Å². The first kappa shape index (κ1) is 23.7. The molecule has 1 aromatic rings. The molecule has 23 heavy (non-hydrogen) atoms. The van der Waals surface area contributed by atoms with Crippen LogP contribution in [0.5, 0.6) is 0 Å². The minimum absolute atomic E-state index is 0. The molecule has 0 spiro atoms. The molecule has 0 amide bonds. The Hall–Kier alpha value is 0.710. The Morgan fingerprint density at radius 1 is 1.43 bits per heavy atom. The van der Waals surface area contributed by atoms with Gasteiger partial charge in [-0.15, -0.1) is 0 Å². The number of aliphatic hydroxyl groups is 1. The maximum atomic E-state index is 11.7. The van der Waals surface area contributed by atoms with E-state index < -0.39 is 44.1 Å². The van der Waals surface area contributed by atoms with Gasteiger partial charge in [-0.1, -0.05) is 0 Å². The van der Waals surface area contributed by atoms with Gasteiger partial charge in [0.25, 0.3) is 5.56 Å². The van der Waals surface area contributed by atoms with Crippen molar-refractivity contribution in [3.8, 4) is 0 Å². The zero-order valence-corrected chi connectivity index (χ0v) is 17.9. The van der Waals surface area contributed by atoms with E-state index in [2.05, 4.69) is 9.51 Å². The third-order valence-corrected chi connectivity index (χ3v) is 3.55. The fraction of sp³-hybridized carbons (Fsp3) is 0.600. The second kappa shape index (κ2) is 9.42. The van der Waals surface area contributed by atoms with Crippen LogP contribution < -0.4 is 70.4 Å². The molecule has 0 aromatic carbocycles. The summed E-state index contributed by atoms with van der Waals surface area (Å²) in [7, 11) is -4.67. The van der Waals surface area contributed by atoms with Crippen LogP contribution in [0.3, 0.4) is 0 Å². The van der Waals surface area contributed by atoms with Crippen molar-refractivity contribution >= 4 is 7.82 Å².